The van der Waals surface area contributed by atoms with E-state index in [1.165, 1.54) is 0 Å². The predicted molar refractivity (Wildman–Crippen MR) is 65.1 cm³/mol. The smallest absolute Gasteiger partial charge is 0.251 e. The Hall–Kier alpha value is -0.620. The van der Waals surface area contributed by atoms with E-state index in [1.807, 2.05) is 25.1 Å². The van der Waals surface area contributed by atoms with Gasteiger partial charge < -0.3 is 11.1 Å². The molecule has 0 radical (unpaired) electrons. The largest absolute Gasteiger partial charge is 0.348 e. The van der Waals surface area contributed by atoms with Crippen molar-refractivity contribution in [2.75, 3.05) is 6.54 Å². The predicted octanol–water partition coefficient (Wildman–Crippen LogP) is 1.37. The van der Waals surface area contributed by atoms with Crippen LogP contribution in [0.3, 0.4) is 0 Å². The number of benzene rings is 1. The highest BCUT2D eigenvalue weighted by Gasteiger charge is 2.07. The lowest BCUT2D eigenvalue weighted by Crippen LogP contribution is -2.37. The van der Waals surface area contributed by atoms with Crippen molar-refractivity contribution in [3.8, 4) is 0 Å². The number of carbonyl (C=O) groups excluding carboxylic acids is 1. The highest BCUT2D eigenvalue weighted by atomic mass is 127. The van der Waals surface area contributed by atoms with Crippen LogP contribution < -0.4 is 11.1 Å². The van der Waals surface area contributed by atoms with Crippen LogP contribution in [0.1, 0.15) is 17.3 Å². The van der Waals surface area contributed by atoms with Gasteiger partial charge in [-0.3, -0.25) is 4.79 Å². The molecule has 0 fully saturated rings. The lowest BCUT2D eigenvalue weighted by atomic mass is 10.2. The maximum absolute atomic E-state index is 11.6. The van der Waals surface area contributed by atoms with E-state index in [2.05, 4.69) is 27.9 Å². The minimum atomic E-state index is -0.0681. The van der Waals surface area contributed by atoms with Crippen LogP contribution in [0.2, 0.25) is 0 Å². The van der Waals surface area contributed by atoms with Crippen molar-refractivity contribution in [2.24, 2.45) is 5.73 Å². The summed E-state index contributed by atoms with van der Waals surface area (Å²) in [5, 5.41) is 2.81. The summed E-state index contributed by atoms with van der Waals surface area (Å²) in [6, 6.07) is 7.47. The van der Waals surface area contributed by atoms with Crippen LogP contribution in [0.5, 0.6) is 0 Å². The van der Waals surface area contributed by atoms with Crippen molar-refractivity contribution in [2.45, 2.75) is 13.0 Å². The van der Waals surface area contributed by atoms with E-state index in [0.29, 0.717) is 12.1 Å². The Balaban J connectivity index is 2.70. The van der Waals surface area contributed by atoms with Crippen molar-refractivity contribution in [1.82, 2.24) is 5.32 Å². The number of carbonyl (C=O) groups is 1. The number of hydrogen-bond acceptors (Lipinski definition) is 2. The summed E-state index contributed by atoms with van der Waals surface area (Å²) in [5.41, 5.74) is 6.09. The summed E-state index contributed by atoms with van der Waals surface area (Å²) in [5.74, 6) is -0.0681. The van der Waals surface area contributed by atoms with Gasteiger partial charge >= 0.3 is 0 Å². The molecule has 0 heterocycles. The standard InChI is InChI=1S/C10H13IN2O/c1-7(6-12)13-10(14)8-3-2-4-9(11)5-8/h2-5,7H,6,12H2,1H3,(H,13,14). The van der Waals surface area contributed by atoms with Gasteiger partial charge in [-0.2, -0.15) is 0 Å². The van der Waals surface area contributed by atoms with Crippen molar-refractivity contribution in [1.29, 1.82) is 0 Å². The SMILES string of the molecule is CC(CN)NC(=O)c1cccc(I)c1. The van der Waals surface area contributed by atoms with E-state index in [1.54, 1.807) is 6.07 Å². The molecule has 76 valence electrons. The van der Waals surface area contributed by atoms with Crippen molar-refractivity contribution < 1.29 is 4.79 Å². The van der Waals surface area contributed by atoms with Crippen LogP contribution in [-0.2, 0) is 0 Å². The van der Waals surface area contributed by atoms with Crippen molar-refractivity contribution in [3.63, 3.8) is 0 Å². The molecule has 3 nitrogen and oxygen atoms in total. The quantitative estimate of drug-likeness (QED) is 0.829. The van der Waals surface area contributed by atoms with E-state index in [9.17, 15) is 4.79 Å². The number of rotatable bonds is 3. The molecule has 0 aliphatic rings. The van der Waals surface area contributed by atoms with Crippen LogP contribution in [0.25, 0.3) is 0 Å². The van der Waals surface area contributed by atoms with Gasteiger partial charge in [0.05, 0.1) is 0 Å². The van der Waals surface area contributed by atoms with Gasteiger partial charge in [-0.25, -0.2) is 0 Å². The number of nitrogens with two attached hydrogens (primary N) is 1. The molecule has 0 bridgehead atoms. The van der Waals surface area contributed by atoms with E-state index in [0.717, 1.165) is 3.57 Å². The number of amides is 1. The summed E-state index contributed by atoms with van der Waals surface area (Å²) >= 11 is 2.18. The van der Waals surface area contributed by atoms with E-state index in [4.69, 9.17) is 5.73 Å². The van der Waals surface area contributed by atoms with E-state index >= 15 is 0 Å². The molecule has 1 aromatic rings. The normalized spacial score (nSPS) is 12.2. The second-order valence-corrected chi connectivity index (χ2v) is 4.37. The molecule has 4 heteroatoms. The van der Waals surface area contributed by atoms with Crippen molar-refractivity contribution >= 4 is 28.5 Å². The summed E-state index contributed by atoms with van der Waals surface area (Å²) in [6.45, 7) is 2.33. The average molecular weight is 304 g/mol. The second-order valence-electron chi connectivity index (χ2n) is 3.12. The molecule has 0 saturated carbocycles. The molecule has 0 aliphatic carbocycles. The topological polar surface area (TPSA) is 55.1 Å². The van der Waals surface area contributed by atoms with Crippen LogP contribution in [0.4, 0.5) is 0 Å². The molecule has 1 amide bonds. The number of nitrogens with one attached hydrogen (secondary N) is 1. The Morgan fingerprint density at radius 1 is 1.64 bits per heavy atom. The maximum Gasteiger partial charge on any atom is 0.251 e. The first-order chi connectivity index (χ1) is 6.63. The molecule has 0 saturated heterocycles. The van der Waals surface area contributed by atoms with E-state index < -0.39 is 0 Å². The summed E-state index contributed by atoms with van der Waals surface area (Å²) < 4.78 is 1.05. The Kier molecular flexibility index (Phi) is 4.34. The van der Waals surface area contributed by atoms with Crippen molar-refractivity contribution in [3.05, 3.63) is 33.4 Å². The summed E-state index contributed by atoms with van der Waals surface area (Å²) in [6.07, 6.45) is 0. The highest BCUT2D eigenvalue weighted by Crippen LogP contribution is 2.07. The lowest BCUT2D eigenvalue weighted by Gasteiger charge is -2.11. The van der Waals surface area contributed by atoms with Crippen LogP contribution in [0.15, 0.2) is 24.3 Å². The molecular formula is C10H13IN2O. The first kappa shape index (κ1) is 11.5. The Morgan fingerprint density at radius 2 is 2.36 bits per heavy atom. The first-order valence-electron chi connectivity index (χ1n) is 4.40. The van der Waals surface area contributed by atoms with Gasteiger partial charge in [0, 0.05) is 21.7 Å². The van der Waals surface area contributed by atoms with Crippen LogP contribution in [-0.4, -0.2) is 18.5 Å². The Morgan fingerprint density at radius 3 is 2.93 bits per heavy atom. The fourth-order valence-corrected chi connectivity index (χ4v) is 1.54. The summed E-state index contributed by atoms with van der Waals surface area (Å²) in [4.78, 5) is 11.6. The average Bonchev–Trinajstić information content (AvgIpc) is 2.17. The maximum atomic E-state index is 11.6. The lowest BCUT2D eigenvalue weighted by molar-refractivity contribution is 0.0941. The zero-order chi connectivity index (χ0) is 10.6. The molecule has 0 aromatic heterocycles. The zero-order valence-corrected chi connectivity index (χ0v) is 10.1. The second kappa shape index (κ2) is 5.31. The third kappa shape index (κ3) is 3.26. The van der Waals surface area contributed by atoms with E-state index in [-0.39, 0.29) is 11.9 Å². The highest BCUT2D eigenvalue weighted by molar-refractivity contribution is 14.1. The van der Waals surface area contributed by atoms with Crippen LogP contribution >= 0.6 is 22.6 Å². The minimum Gasteiger partial charge on any atom is -0.348 e. The van der Waals surface area contributed by atoms with Gasteiger partial charge in [-0.1, -0.05) is 6.07 Å². The Bertz CT molecular complexity index is 328. The van der Waals surface area contributed by atoms with Gasteiger partial charge in [-0.15, -0.1) is 0 Å². The molecule has 3 N–H and O–H groups in total. The third-order valence-corrected chi connectivity index (χ3v) is 2.49. The molecule has 1 rings (SSSR count). The number of halogens is 1. The number of hydrogen-bond donors (Lipinski definition) is 2. The Labute approximate surface area is 97.2 Å². The van der Waals surface area contributed by atoms with Gasteiger partial charge in [-0.05, 0) is 47.7 Å². The first-order valence-corrected chi connectivity index (χ1v) is 5.48. The molecule has 1 unspecified atom stereocenters. The molecule has 1 aromatic carbocycles. The molecule has 14 heavy (non-hydrogen) atoms. The van der Waals surface area contributed by atoms with Crippen LogP contribution in [0, 0.1) is 3.57 Å². The van der Waals surface area contributed by atoms with Gasteiger partial charge in [0.1, 0.15) is 0 Å². The minimum absolute atomic E-state index is 0.0142. The third-order valence-electron chi connectivity index (χ3n) is 1.82. The fraction of sp³-hybridized carbons (Fsp3) is 0.300. The molecule has 1 atom stereocenters. The summed E-state index contributed by atoms with van der Waals surface area (Å²) in [7, 11) is 0. The molecule has 0 spiro atoms. The van der Waals surface area contributed by atoms with Gasteiger partial charge in [0.2, 0.25) is 0 Å². The monoisotopic (exact) mass is 304 g/mol. The fourth-order valence-electron chi connectivity index (χ4n) is 0.996. The zero-order valence-electron chi connectivity index (χ0n) is 7.96. The molecular weight excluding hydrogens is 291 g/mol. The van der Waals surface area contributed by atoms with Gasteiger partial charge in [0.25, 0.3) is 5.91 Å². The van der Waals surface area contributed by atoms with Gasteiger partial charge in [0.15, 0.2) is 0 Å². The molecule has 0 aliphatic heterocycles.